The fraction of sp³-hybridized carbons (Fsp3) is 0.500. The van der Waals surface area contributed by atoms with E-state index in [1.165, 1.54) is 6.20 Å². The molecule has 0 bridgehead atoms. The molecule has 0 radical (unpaired) electrons. The Labute approximate surface area is 105 Å². The number of rotatable bonds is 3. The van der Waals surface area contributed by atoms with Gasteiger partial charge < -0.3 is 20.5 Å². The standard InChI is InChI=1S/C12H17N3O3/c13-10(11(16)9-2-1-3-14-8-9)12(17)15-4-6-18-7-5-15/h1-3,8,10-11,16H,4-7,13H2. The lowest BCUT2D eigenvalue weighted by Gasteiger charge is -2.30. The van der Waals surface area contributed by atoms with Gasteiger partial charge in [0, 0.05) is 31.0 Å². The van der Waals surface area contributed by atoms with Gasteiger partial charge in [0.2, 0.25) is 5.91 Å². The van der Waals surface area contributed by atoms with Crippen LogP contribution in [0.15, 0.2) is 24.5 Å². The van der Waals surface area contributed by atoms with E-state index in [1.54, 1.807) is 23.2 Å². The van der Waals surface area contributed by atoms with Gasteiger partial charge in [-0.2, -0.15) is 0 Å². The van der Waals surface area contributed by atoms with Crippen molar-refractivity contribution < 1.29 is 14.6 Å². The van der Waals surface area contributed by atoms with Crippen LogP contribution in [0.25, 0.3) is 0 Å². The first kappa shape index (κ1) is 12.9. The number of aliphatic hydroxyl groups excluding tert-OH is 1. The number of carbonyl (C=O) groups excluding carboxylic acids is 1. The zero-order chi connectivity index (χ0) is 13.0. The third-order valence-corrected chi connectivity index (χ3v) is 2.97. The van der Waals surface area contributed by atoms with E-state index < -0.39 is 12.1 Å². The maximum absolute atomic E-state index is 12.1. The van der Waals surface area contributed by atoms with Crippen LogP contribution >= 0.6 is 0 Å². The molecule has 1 aliphatic heterocycles. The molecule has 0 spiro atoms. The molecular formula is C12H17N3O3. The Hall–Kier alpha value is -1.50. The minimum Gasteiger partial charge on any atom is -0.386 e. The number of carbonyl (C=O) groups is 1. The third kappa shape index (κ3) is 2.84. The Morgan fingerprint density at radius 1 is 1.50 bits per heavy atom. The van der Waals surface area contributed by atoms with Crippen molar-refractivity contribution in [3.63, 3.8) is 0 Å². The molecule has 98 valence electrons. The Kier molecular flexibility index (Phi) is 4.24. The molecule has 0 saturated carbocycles. The quantitative estimate of drug-likeness (QED) is 0.741. The second-order valence-corrected chi connectivity index (χ2v) is 4.19. The topological polar surface area (TPSA) is 88.7 Å². The first-order valence-corrected chi connectivity index (χ1v) is 5.90. The van der Waals surface area contributed by atoms with Gasteiger partial charge in [-0.25, -0.2) is 0 Å². The van der Waals surface area contributed by atoms with Gasteiger partial charge >= 0.3 is 0 Å². The van der Waals surface area contributed by atoms with Crippen LogP contribution < -0.4 is 5.73 Å². The highest BCUT2D eigenvalue weighted by Crippen LogP contribution is 2.16. The average Bonchev–Trinajstić information content (AvgIpc) is 2.47. The summed E-state index contributed by atoms with van der Waals surface area (Å²) >= 11 is 0. The van der Waals surface area contributed by atoms with Crippen LogP contribution in [-0.2, 0) is 9.53 Å². The van der Waals surface area contributed by atoms with E-state index >= 15 is 0 Å². The smallest absolute Gasteiger partial charge is 0.242 e. The molecular weight excluding hydrogens is 234 g/mol. The maximum Gasteiger partial charge on any atom is 0.242 e. The molecule has 1 saturated heterocycles. The van der Waals surface area contributed by atoms with E-state index in [0.717, 1.165) is 0 Å². The van der Waals surface area contributed by atoms with Crippen LogP contribution in [0.5, 0.6) is 0 Å². The molecule has 2 heterocycles. The van der Waals surface area contributed by atoms with Gasteiger partial charge in [0.25, 0.3) is 0 Å². The normalized spacial score (nSPS) is 19.3. The van der Waals surface area contributed by atoms with Gasteiger partial charge in [-0.3, -0.25) is 9.78 Å². The first-order valence-electron chi connectivity index (χ1n) is 5.90. The highest BCUT2D eigenvalue weighted by molar-refractivity contribution is 5.82. The van der Waals surface area contributed by atoms with Crippen LogP contribution in [-0.4, -0.2) is 53.2 Å². The molecule has 0 aromatic carbocycles. The fourth-order valence-electron chi connectivity index (χ4n) is 1.89. The van der Waals surface area contributed by atoms with Gasteiger partial charge in [0.15, 0.2) is 0 Å². The summed E-state index contributed by atoms with van der Waals surface area (Å²) in [6, 6.07) is 2.43. The van der Waals surface area contributed by atoms with Crippen LogP contribution in [0.1, 0.15) is 11.7 Å². The van der Waals surface area contributed by atoms with E-state index in [-0.39, 0.29) is 5.91 Å². The van der Waals surface area contributed by atoms with Crippen LogP contribution in [0.2, 0.25) is 0 Å². The number of aliphatic hydroxyl groups is 1. The summed E-state index contributed by atoms with van der Waals surface area (Å²) in [7, 11) is 0. The summed E-state index contributed by atoms with van der Waals surface area (Å²) in [6.45, 7) is 2.07. The summed E-state index contributed by atoms with van der Waals surface area (Å²) < 4.78 is 5.17. The van der Waals surface area contributed by atoms with Gasteiger partial charge in [0.05, 0.1) is 13.2 Å². The molecule has 1 amide bonds. The number of aromatic nitrogens is 1. The van der Waals surface area contributed by atoms with E-state index in [4.69, 9.17) is 10.5 Å². The van der Waals surface area contributed by atoms with Crippen molar-refractivity contribution in [1.29, 1.82) is 0 Å². The molecule has 2 unspecified atom stereocenters. The second kappa shape index (κ2) is 5.90. The molecule has 1 aliphatic rings. The van der Waals surface area contributed by atoms with Crippen molar-refractivity contribution in [1.82, 2.24) is 9.88 Å². The maximum atomic E-state index is 12.1. The number of ether oxygens (including phenoxy) is 1. The SMILES string of the molecule is NC(C(=O)N1CCOCC1)C(O)c1cccnc1. The third-order valence-electron chi connectivity index (χ3n) is 2.97. The molecule has 2 rings (SSSR count). The number of morpholine rings is 1. The summed E-state index contributed by atoms with van der Waals surface area (Å²) in [6.07, 6.45) is 2.08. The van der Waals surface area contributed by atoms with Crippen LogP contribution in [0, 0.1) is 0 Å². The van der Waals surface area contributed by atoms with Crippen molar-refractivity contribution in [2.45, 2.75) is 12.1 Å². The Morgan fingerprint density at radius 2 is 2.22 bits per heavy atom. The van der Waals surface area contributed by atoms with Crippen LogP contribution in [0.4, 0.5) is 0 Å². The lowest BCUT2D eigenvalue weighted by molar-refractivity contribution is -0.139. The lowest BCUT2D eigenvalue weighted by atomic mass is 10.0. The largest absolute Gasteiger partial charge is 0.386 e. The number of pyridine rings is 1. The molecule has 6 nitrogen and oxygen atoms in total. The minimum atomic E-state index is -1.03. The highest BCUT2D eigenvalue weighted by Gasteiger charge is 2.29. The van der Waals surface area contributed by atoms with Crippen molar-refractivity contribution >= 4 is 5.91 Å². The predicted molar refractivity (Wildman–Crippen MR) is 64.6 cm³/mol. The van der Waals surface area contributed by atoms with Crippen molar-refractivity contribution in [3.05, 3.63) is 30.1 Å². The monoisotopic (exact) mass is 251 g/mol. The number of amides is 1. The molecule has 6 heteroatoms. The predicted octanol–water partition coefficient (Wildman–Crippen LogP) is -0.699. The molecule has 0 aliphatic carbocycles. The zero-order valence-corrected chi connectivity index (χ0v) is 10.0. The van der Waals surface area contributed by atoms with E-state index in [1.807, 2.05) is 0 Å². The van der Waals surface area contributed by atoms with E-state index in [0.29, 0.717) is 31.9 Å². The second-order valence-electron chi connectivity index (χ2n) is 4.19. The molecule has 3 N–H and O–H groups in total. The summed E-state index contributed by atoms with van der Waals surface area (Å²) in [5.41, 5.74) is 6.36. The average molecular weight is 251 g/mol. The van der Waals surface area contributed by atoms with Gasteiger partial charge in [0.1, 0.15) is 12.1 Å². The summed E-state index contributed by atoms with van der Waals surface area (Å²) in [4.78, 5) is 17.6. The fourth-order valence-corrected chi connectivity index (χ4v) is 1.89. The van der Waals surface area contributed by atoms with Gasteiger partial charge in [-0.15, -0.1) is 0 Å². The molecule has 1 aromatic heterocycles. The number of nitrogens with zero attached hydrogens (tertiary/aromatic N) is 2. The molecule has 1 aromatic rings. The number of hydrogen-bond donors (Lipinski definition) is 2. The van der Waals surface area contributed by atoms with Crippen LogP contribution in [0.3, 0.4) is 0 Å². The van der Waals surface area contributed by atoms with Crippen molar-refractivity contribution in [3.8, 4) is 0 Å². The van der Waals surface area contributed by atoms with Crippen molar-refractivity contribution in [2.75, 3.05) is 26.3 Å². The number of nitrogens with two attached hydrogens (primary N) is 1. The molecule has 1 fully saturated rings. The first-order chi connectivity index (χ1) is 8.70. The Bertz CT molecular complexity index is 393. The minimum absolute atomic E-state index is 0.255. The lowest BCUT2D eigenvalue weighted by Crippen LogP contribution is -2.50. The Balaban J connectivity index is 2.01. The van der Waals surface area contributed by atoms with Crippen molar-refractivity contribution in [2.24, 2.45) is 5.73 Å². The zero-order valence-electron chi connectivity index (χ0n) is 10.0. The van der Waals surface area contributed by atoms with Gasteiger partial charge in [-0.1, -0.05) is 6.07 Å². The number of hydrogen-bond acceptors (Lipinski definition) is 5. The summed E-state index contributed by atoms with van der Waals surface area (Å²) in [5.74, 6) is -0.255. The Morgan fingerprint density at radius 3 is 2.83 bits per heavy atom. The highest BCUT2D eigenvalue weighted by atomic mass is 16.5. The van der Waals surface area contributed by atoms with E-state index in [9.17, 15) is 9.90 Å². The molecule has 2 atom stereocenters. The van der Waals surface area contributed by atoms with E-state index in [2.05, 4.69) is 4.98 Å². The summed E-state index contributed by atoms with van der Waals surface area (Å²) in [5, 5.41) is 10.0. The molecule has 18 heavy (non-hydrogen) atoms. The van der Waals surface area contributed by atoms with Gasteiger partial charge in [-0.05, 0) is 6.07 Å².